The average molecular weight is 360 g/mol. The number of nitrogens with two attached hydrogens (primary N) is 1. The van der Waals surface area contributed by atoms with Crippen LogP contribution in [0.4, 0.5) is 10.5 Å². The first kappa shape index (κ1) is 18.4. The number of carbonyl (C=O) groups excluding carboxylic acids is 1. The highest BCUT2D eigenvalue weighted by molar-refractivity contribution is 5.84. The minimum Gasteiger partial charge on any atom is -0.495 e. The van der Waals surface area contributed by atoms with Crippen LogP contribution in [0, 0.1) is 0 Å². The zero-order valence-corrected chi connectivity index (χ0v) is 15.9. The Morgan fingerprint density at radius 3 is 2.58 bits per heavy atom. The molecule has 142 valence electrons. The predicted molar refractivity (Wildman–Crippen MR) is 101 cm³/mol. The SMILES string of the molecule is COc1cc2nn(C3CCC(NC(=O)OC(C)(C)C)CC3)cc2cc1N. The number of nitrogen functional groups attached to an aromatic ring is 1. The molecule has 1 amide bonds. The minimum absolute atomic E-state index is 0.154. The predicted octanol–water partition coefficient (Wildman–Crippen LogP) is 3.64. The molecule has 1 fully saturated rings. The van der Waals surface area contributed by atoms with Crippen LogP contribution in [0.1, 0.15) is 52.5 Å². The van der Waals surface area contributed by atoms with Crippen molar-refractivity contribution in [3.05, 3.63) is 18.3 Å². The smallest absolute Gasteiger partial charge is 0.407 e. The molecule has 0 spiro atoms. The lowest BCUT2D eigenvalue weighted by atomic mass is 9.91. The van der Waals surface area contributed by atoms with Crippen LogP contribution in [0.3, 0.4) is 0 Å². The number of carbonyl (C=O) groups is 1. The average Bonchev–Trinajstić information content (AvgIpc) is 2.95. The molecule has 0 unspecified atom stereocenters. The second-order valence-corrected chi connectivity index (χ2v) is 7.91. The van der Waals surface area contributed by atoms with Crippen molar-refractivity contribution < 1.29 is 14.3 Å². The zero-order chi connectivity index (χ0) is 18.9. The second kappa shape index (κ2) is 7.05. The van der Waals surface area contributed by atoms with Crippen molar-refractivity contribution in [2.75, 3.05) is 12.8 Å². The van der Waals surface area contributed by atoms with Crippen LogP contribution in [-0.4, -0.2) is 34.6 Å². The van der Waals surface area contributed by atoms with E-state index in [1.54, 1.807) is 7.11 Å². The summed E-state index contributed by atoms with van der Waals surface area (Å²) in [5.74, 6) is 0.646. The fraction of sp³-hybridized carbons (Fsp3) is 0.579. The molecule has 1 aromatic carbocycles. The first-order chi connectivity index (χ1) is 12.2. The maximum Gasteiger partial charge on any atom is 0.407 e. The van der Waals surface area contributed by atoms with Crippen LogP contribution in [0.5, 0.6) is 5.75 Å². The summed E-state index contributed by atoms with van der Waals surface area (Å²) in [5, 5.41) is 8.67. The van der Waals surface area contributed by atoms with E-state index in [9.17, 15) is 4.79 Å². The van der Waals surface area contributed by atoms with Crippen molar-refractivity contribution in [1.82, 2.24) is 15.1 Å². The lowest BCUT2D eigenvalue weighted by Gasteiger charge is -2.30. The summed E-state index contributed by atoms with van der Waals surface area (Å²) >= 11 is 0. The number of aromatic nitrogens is 2. The molecule has 0 bridgehead atoms. The van der Waals surface area contributed by atoms with Gasteiger partial charge in [-0.3, -0.25) is 4.68 Å². The van der Waals surface area contributed by atoms with Gasteiger partial charge in [0.25, 0.3) is 0 Å². The molecule has 1 saturated carbocycles. The number of hydrogen-bond acceptors (Lipinski definition) is 5. The van der Waals surface area contributed by atoms with Crippen molar-refractivity contribution in [3.63, 3.8) is 0 Å². The molecule has 1 aliphatic carbocycles. The van der Waals surface area contributed by atoms with Crippen LogP contribution in [0.2, 0.25) is 0 Å². The van der Waals surface area contributed by atoms with Crippen LogP contribution < -0.4 is 15.8 Å². The molecule has 3 N–H and O–H groups in total. The number of fused-ring (bicyclic) bond motifs is 1. The van der Waals surface area contributed by atoms with Crippen LogP contribution in [0.15, 0.2) is 18.3 Å². The summed E-state index contributed by atoms with van der Waals surface area (Å²) in [7, 11) is 1.60. The number of benzene rings is 1. The second-order valence-electron chi connectivity index (χ2n) is 7.91. The van der Waals surface area contributed by atoms with E-state index in [0.29, 0.717) is 17.5 Å². The van der Waals surface area contributed by atoms with Gasteiger partial charge in [0.05, 0.1) is 24.4 Å². The number of alkyl carbamates (subject to hydrolysis) is 1. The summed E-state index contributed by atoms with van der Waals surface area (Å²) < 4.78 is 12.6. The molecule has 26 heavy (non-hydrogen) atoms. The maximum atomic E-state index is 11.9. The van der Waals surface area contributed by atoms with Gasteiger partial charge >= 0.3 is 6.09 Å². The number of rotatable bonds is 3. The molecule has 3 rings (SSSR count). The molecule has 0 atom stereocenters. The fourth-order valence-corrected chi connectivity index (χ4v) is 3.41. The van der Waals surface area contributed by atoms with E-state index in [4.69, 9.17) is 15.2 Å². The van der Waals surface area contributed by atoms with E-state index < -0.39 is 5.60 Å². The molecular formula is C19H28N4O3. The third kappa shape index (κ3) is 4.20. The van der Waals surface area contributed by atoms with Gasteiger partial charge < -0.3 is 20.5 Å². The molecular weight excluding hydrogens is 332 g/mol. The Labute approximate surface area is 153 Å². The van der Waals surface area contributed by atoms with Gasteiger partial charge in [-0.05, 0) is 52.5 Å². The van der Waals surface area contributed by atoms with E-state index in [1.807, 2.05) is 43.8 Å². The molecule has 2 aromatic rings. The Morgan fingerprint density at radius 2 is 1.96 bits per heavy atom. The van der Waals surface area contributed by atoms with Gasteiger partial charge in [0.1, 0.15) is 11.4 Å². The van der Waals surface area contributed by atoms with E-state index in [-0.39, 0.29) is 12.1 Å². The van der Waals surface area contributed by atoms with Crippen molar-refractivity contribution in [2.45, 2.75) is 64.1 Å². The van der Waals surface area contributed by atoms with E-state index in [1.165, 1.54) is 0 Å². The number of methoxy groups -OCH3 is 1. The Morgan fingerprint density at radius 1 is 1.27 bits per heavy atom. The highest BCUT2D eigenvalue weighted by Gasteiger charge is 2.26. The van der Waals surface area contributed by atoms with Gasteiger partial charge in [0, 0.05) is 23.7 Å². The van der Waals surface area contributed by atoms with Crippen molar-refractivity contribution in [3.8, 4) is 5.75 Å². The van der Waals surface area contributed by atoms with Gasteiger partial charge in [0.15, 0.2) is 0 Å². The summed E-state index contributed by atoms with van der Waals surface area (Å²) in [6.45, 7) is 5.61. The number of hydrogen-bond donors (Lipinski definition) is 2. The van der Waals surface area contributed by atoms with Crippen LogP contribution in [0.25, 0.3) is 10.9 Å². The molecule has 0 aliphatic heterocycles. The summed E-state index contributed by atoms with van der Waals surface area (Å²) in [6.07, 6.45) is 5.44. The molecule has 1 heterocycles. The minimum atomic E-state index is -0.473. The van der Waals surface area contributed by atoms with Crippen molar-refractivity contribution in [1.29, 1.82) is 0 Å². The van der Waals surface area contributed by atoms with E-state index in [0.717, 1.165) is 36.6 Å². The molecule has 7 heteroatoms. The highest BCUT2D eigenvalue weighted by atomic mass is 16.6. The fourth-order valence-electron chi connectivity index (χ4n) is 3.41. The lowest BCUT2D eigenvalue weighted by Crippen LogP contribution is -2.41. The van der Waals surface area contributed by atoms with Crippen molar-refractivity contribution in [2.24, 2.45) is 0 Å². The number of nitrogens with one attached hydrogen (secondary N) is 1. The van der Waals surface area contributed by atoms with Gasteiger partial charge in [0.2, 0.25) is 0 Å². The quantitative estimate of drug-likeness (QED) is 0.816. The molecule has 1 aliphatic rings. The number of anilines is 1. The van der Waals surface area contributed by atoms with Gasteiger partial charge in [-0.2, -0.15) is 5.10 Å². The largest absolute Gasteiger partial charge is 0.495 e. The van der Waals surface area contributed by atoms with Gasteiger partial charge in [-0.15, -0.1) is 0 Å². The highest BCUT2D eigenvalue weighted by Crippen LogP contribution is 2.32. The normalized spacial score (nSPS) is 20.8. The summed E-state index contributed by atoms with van der Waals surface area (Å²) in [4.78, 5) is 11.9. The third-order valence-electron chi connectivity index (χ3n) is 4.67. The molecule has 1 aromatic heterocycles. The Kier molecular flexibility index (Phi) is 4.98. The lowest BCUT2D eigenvalue weighted by molar-refractivity contribution is 0.0487. The summed E-state index contributed by atoms with van der Waals surface area (Å²) in [5.41, 5.74) is 7.00. The van der Waals surface area contributed by atoms with E-state index >= 15 is 0 Å². The standard InChI is InChI=1S/C19H28N4O3/c1-19(2,3)26-18(24)21-13-5-7-14(8-6-13)23-11-12-9-15(20)17(25-4)10-16(12)22-23/h9-11,13-14H,5-8,20H2,1-4H3,(H,21,24). The Balaban J connectivity index is 1.61. The van der Waals surface area contributed by atoms with E-state index in [2.05, 4.69) is 10.4 Å². The van der Waals surface area contributed by atoms with Crippen LogP contribution >= 0.6 is 0 Å². The van der Waals surface area contributed by atoms with Crippen LogP contribution in [-0.2, 0) is 4.74 Å². The Bertz CT molecular complexity index is 786. The maximum absolute atomic E-state index is 11.9. The van der Waals surface area contributed by atoms with Crippen molar-refractivity contribution >= 4 is 22.7 Å². The third-order valence-corrected chi connectivity index (χ3v) is 4.67. The first-order valence-corrected chi connectivity index (χ1v) is 9.07. The van der Waals surface area contributed by atoms with Gasteiger partial charge in [-0.25, -0.2) is 4.79 Å². The number of nitrogens with zero attached hydrogens (tertiary/aromatic N) is 2. The molecule has 0 radical (unpaired) electrons. The molecule has 7 nitrogen and oxygen atoms in total. The topological polar surface area (TPSA) is 91.4 Å². The number of ether oxygens (including phenoxy) is 2. The van der Waals surface area contributed by atoms with Gasteiger partial charge in [-0.1, -0.05) is 0 Å². The Hall–Kier alpha value is -2.44. The molecule has 0 saturated heterocycles. The first-order valence-electron chi connectivity index (χ1n) is 9.07. The monoisotopic (exact) mass is 360 g/mol. The zero-order valence-electron chi connectivity index (χ0n) is 15.9. The number of amides is 1. The summed E-state index contributed by atoms with van der Waals surface area (Å²) in [6, 6.07) is 4.25.